The fraction of sp³-hybridized carbons (Fsp3) is 0.778. The van der Waals surface area contributed by atoms with Crippen LogP contribution in [0.4, 0.5) is 5.95 Å². The summed E-state index contributed by atoms with van der Waals surface area (Å²) < 4.78 is 1.99. The summed E-state index contributed by atoms with van der Waals surface area (Å²) in [5, 5.41) is 8.96. The highest BCUT2D eigenvalue weighted by molar-refractivity contribution is 7.99. The minimum Gasteiger partial charge on any atom is -0.368 e. The summed E-state index contributed by atoms with van der Waals surface area (Å²) >= 11 is 1.78. The molecule has 1 aliphatic rings. The van der Waals surface area contributed by atoms with Crippen molar-refractivity contribution in [3.8, 4) is 0 Å². The Kier molecular flexibility index (Phi) is 2.67. The summed E-state index contributed by atoms with van der Waals surface area (Å²) in [7, 11) is 0. The Balaban J connectivity index is 2.06. The van der Waals surface area contributed by atoms with E-state index in [2.05, 4.69) is 24.0 Å². The van der Waals surface area contributed by atoms with E-state index in [-0.39, 0.29) is 0 Å². The van der Waals surface area contributed by atoms with Crippen molar-refractivity contribution in [3.05, 3.63) is 0 Å². The zero-order chi connectivity index (χ0) is 10.1. The largest absolute Gasteiger partial charge is 0.368 e. The van der Waals surface area contributed by atoms with Crippen molar-refractivity contribution in [3.63, 3.8) is 0 Å². The molecule has 0 unspecified atom stereocenters. The zero-order valence-electron chi connectivity index (χ0n) is 8.60. The Morgan fingerprint density at radius 2 is 2.21 bits per heavy atom. The van der Waals surface area contributed by atoms with Crippen LogP contribution < -0.4 is 5.73 Å². The minimum atomic E-state index is 0.340. The molecular weight excluding hydrogens is 196 g/mol. The van der Waals surface area contributed by atoms with Gasteiger partial charge in [0, 0.05) is 11.8 Å². The number of hydrogen-bond acceptors (Lipinski definition) is 4. The van der Waals surface area contributed by atoms with Crippen molar-refractivity contribution >= 4 is 17.7 Å². The van der Waals surface area contributed by atoms with Crippen LogP contribution in [0.2, 0.25) is 0 Å². The van der Waals surface area contributed by atoms with Crippen molar-refractivity contribution in [1.82, 2.24) is 14.8 Å². The van der Waals surface area contributed by atoms with Gasteiger partial charge in [-0.05, 0) is 32.6 Å². The lowest BCUT2D eigenvalue weighted by Gasteiger charge is -2.10. The molecule has 1 aromatic rings. The van der Waals surface area contributed by atoms with Crippen molar-refractivity contribution in [2.75, 3.05) is 11.5 Å². The smallest absolute Gasteiger partial charge is 0.222 e. The number of nitrogens with two attached hydrogens (primary N) is 1. The second-order valence-electron chi connectivity index (χ2n) is 4.06. The Labute approximate surface area is 88.3 Å². The number of anilines is 1. The summed E-state index contributed by atoms with van der Waals surface area (Å²) in [6, 6.07) is 0.340. The highest BCUT2D eigenvalue weighted by Gasteiger charge is 2.23. The molecule has 0 atom stereocenters. The predicted octanol–water partition coefficient (Wildman–Crippen LogP) is 1.94. The molecule has 1 aliphatic carbocycles. The van der Waals surface area contributed by atoms with E-state index < -0.39 is 0 Å². The molecule has 5 heteroatoms. The van der Waals surface area contributed by atoms with Crippen LogP contribution in [-0.4, -0.2) is 20.5 Å². The van der Waals surface area contributed by atoms with Gasteiger partial charge < -0.3 is 5.73 Å². The van der Waals surface area contributed by atoms with E-state index in [0.717, 1.165) is 16.8 Å². The lowest BCUT2D eigenvalue weighted by Crippen LogP contribution is -2.07. The zero-order valence-corrected chi connectivity index (χ0v) is 9.42. The Morgan fingerprint density at radius 1 is 1.50 bits per heavy atom. The standard InChI is InChI=1S/C9H16N4S/c1-6(2)13-8(10)11-12-9(13)14-5-7-3-4-7/h6-7H,3-5H2,1-2H3,(H2,10,11). The second kappa shape index (κ2) is 3.81. The average molecular weight is 212 g/mol. The van der Waals surface area contributed by atoms with Gasteiger partial charge in [0.2, 0.25) is 5.95 Å². The SMILES string of the molecule is CC(C)n1c(N)nnc1SCC1CC1. The third kappa shape index (κ3) is 2.03. The normalized spacial score (nSPS) is 16.5. The molecule has 1 saturated carbocycles. The third-order valence-electron chi connectivity index (χ3n) is 2.35. The highest BCUT2D eigenvalue weighted by Crippen LogP contribution is 2.35. The van der Waals surface area contributed by atoms with Gasteiger partial charge in [-0.15, -0.1) is 10.2 Å². The van der Waals surface area contributed by atoms with Gasteiger partial charge in [0.15, 0.2) is 5.16 Å². The third-order valence-corrected chi connectivity index (χ3v) is 3.53. The van der Waals surface area contributed by atoms with Crippen LogP contribution in [0.15, 0.2) is 5.16 Å². The summed E-state index contributed by atoms with van der Waals surface area (Å²) in [4.78, 5) is 0. The van der Waals surface area contributed by atoms with Crippen LogP contribution in [0.3, 0.4) is 0 Å². The van der Waals surface area contributed by atoms with Gasteiger partial charge in [0.1, 0.15) is 0 Å². The maximum absolute atomic E-state index is 5.74. The number of rotatable bonds is 4. The first-order valence-corrected chi connectivity index (χ1v) is 6.00. The second-order valence-corrected chi connectivity index (χ2v) is 5.05. The van der Waals surface area contributed by atoms with Crippen LogP contribution in [-0.2, 0) is 0 Å². The molecule has 78 valence electrons. The quantitative estimate of drug-likeness (QED) is 0.775. The van der Waals surface area contributed by atoms with E-state index in [1.54, 1.807) is 11.8 Å². The first-order valence-electron chi connectivity index (χ1n) is 5.01. The molecule has 0 spiro atoms. The molecule has 0 bridgehead atoms. The van der Waals surface area contributed by atoms with E-state index >= 15 is 0 Å². The van der Waals surface area contributed by atoms with Crippen LogP contribution >= 0.6 is 11.8 Å². The summed E-state index contributed by atoms with van der Waals surface area (Å²) in [6.45, 7) is 4.20. The van der Waals surface area contributed by atoms with Gasteiger partial charge >= 0.3 is 0 Å². The predicted molar refractivity (Wildman–Crippen MR) is 58.3 cm³/mol. The molecular formula is C9H16N4S. The fourth-order valence-electron chi connectivity index (χ4n) is 1.35. The van der Waals surface area contributed by atoms with Crippen molar-refractivity contribution in [1.29, 1.82) is 0 Å². The molecule has 2 N–H and O–H groups in total. The van der Waals surface area contributed by atoms with Crippen LogP contribution in [0.25, 0.3) is 0 Å². The Bertz CT molecular complexity index is 317. The number of thioether (sulfide) groups is 1. The van der Waals surface area contributed by atoms with Gasteiger partial charge in [-0.1, -0.05) is 11.8 Å². The molecule has 0 radical (unpaired) electrons. The number of nitrogen functional groups attached to an aromatic ring is 1. The molecule has 2 rings (SSSR count). The average Bonchev–Trinajstić information content (AvgIpc) is 2.86. The van der Waals surface area contributed by atoms with Crippen molar-refractivity contribution in [2.45, 2.75) is 37.9 Å². The van der Waals surface area contributed by atoms with Crippen LogP contribution in [0.1, 0.15) is 32.7 Å². The Hall–Kier alpha value is -0.710. The van der Waals surface area contributed by atoms with E-state index in [9.17, 15) is 0 Å². The van der Waals surface area contributed by atoms with Crippen LogP contribution in [0.5, 0.6) is 0 Å². The van der Waals surface area contributed by atoms with Crippen molar-refractivity contribution in [2.24, 2.45) is 5.92 Å². The van der Waals surface area contributed by atoms with Gasteiger partial charge in [0.05, 0.1) is 0 Å². The van der Waals surface area contributed by atoms with Crippen molar-refractivity contribution < 1.29 is 0 Å². The van der Waals surface area contributed by atoms with Gasteiger partial charge in [-0.2, -0.15) is 0 Å². The number of hydrogen-bond donors (Lipinski definition) is 1. The molecule has 0 saturated heterocycles. The number of nitrogens with zero attached hydrogens (tertiary/aromatic N) is 3. The topological polar surface area (TPSA) is 56.7 Å². The molecule has 0 aromatic carbocycles. The molecule has 14 heavy (non-hydrogen) atoms. The van der Waals surface area contributed by atoms with Gasteiger partial charge in [0.25, 0.3) is 0 Å². The summed E-state index contributed by atoms with van der Waals surface area (Å²) in [5.41, 5.74) is 5.74. The summed E-state index contributed by atoms with van der Waals surface area (Å²) in [6.07, 6.45) is 2.75. The van der Waals surface area contributed by atoms with E-state index in [1.165, 1.54) is 12.8 Å². The van der Waals surface area contributed by atoms with Gasteiger partial charge in [-0.3, -0.25) is 4.57 Å². The van der Waals surface area contributed by atoms with Gasteiger partial charge in [-0.25, -0.2) is 0 Å². The molecule has 1 aromatic heterocycles. The highest BCUT2D eigenvalue weighted by atomic mass is 32.2. The lowest BCUT2D eigenvalue weighted by atomic mass is 10.4. The lowest BCUT2D eigenvalue weighted by molar-refractivity contribution is 0.557. The maximum atomic E-state index is 5.74. The minimum absolute atomic E-state index is 0.340. The molecule has 1 fully saturated rings. The number of aromatic nitrogens is 3. The monoisotopic (exact) mass is 212 g/mol. The van der Waals surface area contributed by atoms with E-state index in [4.69, 9.17) is 5.73 Å². The molecule has 0 amide bonds. The molecule has 0 aliphatic heterocycles. The molecule has 4 nitrogen and oxygen atoms in total. The molecule has 1 heterocycles. The maximum Gasteiger partial charge on any atom is 0.222 e. The van der Waals surface area contributed by atoms with E-state index in [0.29, 0.717) is 12.0 Å². The fourth-order valence-corrected chi connectivity index (χ4v) is 2.61. The van der Waals surface area contributed by atoms with E-state index in [1.807, 2.05) is 4.57 Å². The van der Waals surface area contributed by atoms with Crippen LogP contribution in [0, 0.1) is 5.92 Å². The Morgan fingerprint density at radius 3 is 2.79 bits per heavy atom. The first-order chi connectivity index (χ1) is 6.68. The first kappa shape index (κ1) is 9.83. The summed E-state index contributed by atoms with van der Waals surface area (Å²) in [5.74, 6) is 2.59.